The van der Waals surface area contributed by atoms with Gasteiger partial charge in [0, 0.05) is 6.20 Å². The summed E-state index contributed by atoms with van der Waals surface area (Å²) in [5.41, 5.74) is 10.3. The van der Waals surface area contributed by atoms with Crippen LogP contribution in [0, 0.1) is 0 Å². The zero-order valence-corrected chi connectivity index (χ0v) is 5.74. The summed E-state index contributed by atoms with van der Waals surface area (Å²) in [6.45, 7) is 0. The molecule has 1 aromatic rings. The van der Waals surface area contributed by atoms with Crippen LogP contribution in [-0.4, -0.2) is 11.0 Å². The highest BCUT2D eigenvalue weighted by atomic mass is 16.2. The van der Waals surface area contributed by atoms with E-state index >= 15 is 0 Å². The number of nitrogens with one attached hydrogen (secondary N) is 2. The predicted octanol–water partition coefficient (Wildman–Crippen LogP) is 0.0768. The van der Waals surface area contributed by atoms with E-state index in [1.54, 1.807) is 24.5 Å². The Balaban J connectivity index is 2.45. The normalized spacial score (nSPS) is 8.73. The van der Waals surface area contributed by atoms with E-state index in [0.717, 1.165) is 0 Å². The molecule has 0 aliphatic heterocycles. The third-order valence-corrected chi connectivity index (χ3v) is 0.992. The number of anilines is 1. The second-order valence-corrected chi connectivity index (χ2v) is 1.86. The van der Waals surface area contributed by atoms with Gasteiger partial charge in [-0.05, 0) is 12.1 Å². The maximum Gasteiger partial charge on any atom is 0.330 e. The number of carbonyl (C=O) groups is 1. The lowest BCUT2D eigenvalue weighted by Gasteiger charge is -2.03. The fraction of sp³-hybridized carbons (Fsp3) is 0. The van der Waals surface area contributed by atoms with Gasteiger partial charge in [-0.15, -0.1) is 0 Å². The number of aromatic nitrogens is 1. The highest BCUT2D eigenvalue weighted by Gasteiger charge is 1.89. The maximum atomic E-state index is 10.2. The first kappa shape index (κ1) is 7.33. The SMILES string of the molecule is NC(=O)NNc1cccnc1. The monoisotopic (exact) mass is 152 g/mol. The molecule has 1 aromatic heterocycles. The lowest BCUT2D eigenvalue weighted by molar-refractivity contribution is 0.250. The first-order valence-electron chi connectivity index (χ1n) is 3.00. The molecule has 58 valence electrons. The maximum absolute atomic E-state index is 10.2. The van der Waals surface area contributed by atoms with Crippen LogP contribution in [0.1, 0.15) is 0 Å². The lowest BCUT2D eigenvalue weighted by Crippen LogP contribution is -2.34. The van der Waals surface area contributed by atoms with Crippen molar-refractivity contribution < 1.29 is 4.79 Å². The zero-order valence-electron chi connectivity index (χ0n) is 5.74. The van der Waals surface area contributed by atoms with Gasteiger partial charge in [-0.2, -0.15) is 0 Å². The molecule has 11 heavy (non-hydrogen) atoms. The van der Waals surface area contributed by atoms with Crippen molar-refractivity contribution in [3.63, 3.8) is 0 Å². The fourth-order valence-electron chi connectivity index (χ4n) is 0.570. The summed E-state index contributed by atoms with van der Waals surface area (Å²) in [5, 5.41) is 0. The van der Waals surface area contributed by atoms with Crippen LogP contribution in [0.25, 0.3) is 0 Å². The molecule has 1 rings (SSSR count). The van der Waals surface area contributed by atoms with Crippen LogP contribution >= 0.6 is 0 Å². The summed E-state index contributed by atoms with van der Waals surface area (Å²) in [7, 11) is 0. The number of hydrogen-bond donors (Lipinski definition) is 3. The van der Waals surface area contributed by atoms with Crippen LogP contribution < -0.4 is 16.6 Å². The molecule has 5 heteroatoms. The molecular formula is C6H8N4O. The van der Waals surface area contributed by atoms with Gasteiger partial charge >= 0.3 is 6.03 Å². The summed E-state index contributed by atoms with van der Waals surface area (Å²) in [5.74, 6) is 0. The average molecular weight is 152 g/mol. The largest absolute Gasteiger partial charge is 0.350 e. The quantitative estimate of drug-likeness (QED) is 0.525. The summed E-state index contributed by atoms with van der Waals surface area (Å²) >= 11 is 0. The number of primary amides is 1. The molecule has 0 unspecified atom stereocenters. The Morgan fingerprint density at radius 2 is 2.45 bits per heavy atom. The number of urea groups is 1. The molecule has 0 saturated heterocycles. The van der Waals surface area contributed by atoms with E-state index in [4.69, 9.17) is 5.73 Å². The molecule has 2 amide bonds. The standard InChI is InChI=1S/C6H8N4O/c7-6(11)10-9-5-2-1-3-8-4-5/h1-4,9H,(H3,7,10,11). The van der Waals surface area contributed by atoms with Crippen LogP contribution in [0.2, 0.25) is 0 Å². The van der Waals surface area contributed by atoms with Crippen LogP contribution in [0.3, 0.4) is 0 Å². The van der Waals surface area contributed by atoms with E-state index in [9.17, 15) is 4.79 Å². The Morgan fingerprint density at radius 1 is 1.64 bits per heavy atom. The first-order chi connectivity index (χ1) is 5.29. The minimum atomic E-state index is -0.631. The number of rotatable bonds is 2. The van der Waals surface area contributed by atoms with Crippen molar-refractivity contribution >= 4 is 11.7 Å². The molecule has 0 aliphatic rings. The predicted molar refractivity (Wildman–Crippen MR) is 40.6 cm³/mol. The first-order valence-corrected chi connectivity index (χ1v) is 3.00. The summed E-state index contributed by atoms with van der Waals surface area (Å²) in [4.78, 5) is 14.0. The Morgan fingerprint density at radius 3 is 3.00 bits per heavy atom. The molecule has 0 aromatic carbocycles. The number of nitrogens with two attached hydrogens (primary N) is 1. The Kier molecular flexibility index (Phi) is 2.27. The van der Waals surface area contributed by atoms with E-state index in [1.807, 2.05) is 0 Å². The zero-order chi connectivity index (χ0) is 8.10. The van der Waals surface area contributed by atoms with Gasteiger partial charge in [0.1, 0.15) is 0 Å². The number of carbonyl (C=O) groups excluding carboxylic acids is 1. The highest BCUT2D eigenvalue weighted by Crippen LogP contribution is 1.98. The molecule has 0 radical (unpaired) electrons. The third-order valence-electron chi connectivity index (χ3n) is 0.992. The molecule has 5 nitrogen and oxygen atoms in total. The Labute approximate surface area is 63.6 Å². The van der Waals surface area contributed by atoms with Gasteiger partial charge in [0.2, 0.25) is 0 Å². The fourth-order valence-corrected chi connectivity index (χ4v) is 0.570. The number of pyridine rings is 1. The van der Waals surface area contributed by atoms with E-state index in [1.165, 1.54) is 0 Å². The van der Waals surface area contributed by atoms with E-state index in [2.05, 4.69) is 15.8 Å². The molecule has 0 fully saturated rings. The number of amides is 2. The van der Waals surface area contributed by atoms with Gasteiger partial charge in [-0.1, -0.05) is 0 Å². The van der Waals surface area contributed by atoms with Crippen molar-refractivity contribution in [1.29, 1.82) is 0 Å². The van der Waals surface area contributed by atoms with Gasteiger partial charge in [-0.3, -0.25) is 15.8 Å². The van der Waals surface area contributed by atoms with Crippen molar-refractivity contribution in [1.82, 2.24) is 10.4 Å². The number of nitrogens with zero attached hydrogens (tertiary/aromatic N) is 1. The van der Waals surface area contributed by atoms with E-state index in [-0.39, 0.29) is 0 Å². The van der Waals surface area contributed by atoms with Crippen molar-refractivity contribution in [3.8, 4) is 0 Å². The molecule has 0 atom stereocenters. The number of hydrazine groups is 1. The minimum Gasteiger partial charge on any atom is -0.350 e. The molecule has 1 heterocycles. The molecule has 0 bridgehead atoms. The van der Waals surface area contributed by atoms with Crippen LogP contribution in [0.5, 0.6) is 0 Å². The van der Waals surface area contributed by atoms with E-state index in [0.29, 0.717) is 5.69 Å². The van der Waals surface area contributed by atoms with E-state index < -0.39 is 6.03 Å². The average Bonchev–Trinajstić information content (AvgIpc) is 2.03. The Bertz CT molecular complexity index is 236. The summed E-state index contributed by atoms with van der Waals surface area (Å²) in [6.07, 6.45) is 3.20. The lowest BCUT2D eigenvalue weighted by atomic mass is 10.4. The summed E-state index contributed by atoms with van der Waals surface area (Å²) in [6, 6.07) is 2.86. The molecular weight excluding hydrogens is 144 g/mol. The van der Waals surface area contributed by atoms with Gasteiger partial charge in [0.15, 0.2) is 0 Å². The van der Waals surface area contributed by atoms with Gasteiger partial charge in [-0.25, -0.2) is 4.79 Å². The van der Waals surface area contributed by atoms with Gasteiger partial charge < -0.3 is 5.73 Å². The Hall–Kier alpha value is -1.78. The van der Waals surface area contributed by atoms with Gasteiger partial charge in [0.05, 0.1) is 11.9 Å². The molecule has 4 N–H and O–H groups in total. The minimum absolute atomic E-state index is 0.631. The second-order valence-electron chi connectivity index (χ2n) is 1.86. The molecule has 0 aliphatic carbocycles. The van der Waals surface area contributed by atoms with Crippen molar-refractivity contribution in [3.05, 3.63) is 24.5 Å². The van der Waals surface area contributed by atoms with Crippen LogP contribution in [0.15, 0.2) is 24.5 Å². The van der Waals surface area contributed by atoms with Crippen molar-refractivity contribution in [2.45, 2.75) is 0 Å². The third kappa shape index (κ3) is 2.53. The van der Waals surface area contributed by atoms with Crippen LogP contribution in [0.4, 0.5) is 10.5 Å². The van der Waals surface area contributed by atoms with Crippen molar-refractivity contribution in [2.24, 2.45) is 5.73 Å². The van der Waals surface area contributed by atoms with Crippen molar-refractivity contribution in [2.75, 3.05) is 5.43 Å². The smallest absolute Gasteiger partial charge is 0.330 e. The van der Waals surface area contributed by atoms with Gasteiger partial charge in [0.25, 0.3) is 0 Å². The second kappa shape index (κ2) is 3.40. The number of hydrogen-bond acceptors (Lipinski definition) is 3. The van der Waals surface area contributed by atoms with Crippen LogP contribution in [-0.2, 0) is 0 Å². The molecule has 0 spiro atoms. The topological polar surface area (TPSA) is 80.0 Å². The highest BCUT2D eigenvalue weighted by molar-refractivity contribution is 5.73. The summed E-state index contributed by atoms with van der Waals surface area (Å²) < 4.78 is 0. The molecule has 0 saturated carbocycles.